The molecule has 3 aromatic rings. The number of amides is 1. The van der Waals surface area contributed by atoms with Crippen molar-refractivity contribution in [3.63, 3.8) is 0 Å². The number of methoxy groups -OCH3 is 1. The molecule has 0 atom stereocenters. The average molecular weight is 405 g/mol. The van der Waals surface area contributed by atoms with Crippen LogP contribution in [-0.2, 0) is 11.4 Å². The van der Waals surface area contributed by atoms with Gasteiger partial charge in [-0.1, -0.05) is 30.3 Å². The molecule has 0 heterocycles. The van der Waals surface area contributed by atoms with Crippen LogP contribution in [0.2, 0.25) is 0 Å². The van der Waals surface area contributed by atoms with Gasteiger partial charge in [0.2, 0.25) is 0 Å². The predicted octanol–water partition coefficient (Wildman–Crippen LogP) is 4.49. The highest BCUT2D eigenvalue weighted by molar-refractivity contribution is 5.97. The molecular weight excluding hydrogens is 382 g/mol. The molecule has 0 aliphatic carbocycles. The Morgan fingerprint density at radius 1 is 0.867 bits per heavy atom. The van der Waals surface area contributed by atoms with Gasteiger partial charge in [-0.2, -0.15) is 0 Å². The van der Waals surface area contributed by atoms with Crippen molar-refractivity contribution in [2.24, 2.45) is 0 Å². The van der Waals surface area contributed by atoms with Gasteiger partial charge in [-0.05, 0) is 48.9 Å². The third-order valence-corrected chi connectivity index (χ3v) is 4.31. The lowest BCUT2D eigenvalue weighted by Gasteiger charge is -2.12. The lowest BCUT2D eigenvalue weighted by atomic mass is 10.1. The van der Waals surface area contributed by atoms with Crippen LogP contribution in [0.4, 0.5) is 5.69 Å². The highest BCUT2D eigenvalue weighted by atomic mass is 16.5. The summed E-state index contributed by atoms with van der Waals surface area (Å²) >= 11 is 0. The Labute approximate surface area is 175 Å². The van der Waals surface area contributed by atoms with Crippen LogP contribution in [0.5, 0.6) is 17.2 Å². The molecule has 30 heavy (non-hydrogen) atoms. The zero-order valence-corrected chi connectivity index (χ0v) is 16.9. The summed E-state index contributed by atoms with van der Waals surface area (Å²) in [6, 6.07) is 21.8. The molecule has 0 aliphatic rings. The molecule has 0 bridgehead atoms. The molecule has 0 unspecified atom stereocenters. The summed E-state index contributed by atoms with van der Waals surface area (Å²) in [7, 11) is 1.52. The van der Waals surface area contributed by atoms with E-state index in [1.807, 2.05) is 30.3 Å². The van der Waals surface area contributed by atoms with Crippen LogP contribution < -0.4 is 19.5 Å². The number of ether oxygens (including phenoxy) is 3. The zero-order valence-electron chi connectivity index (χ0n) is 16.9. The van der Waals surface area contributed by atoms with Crippen molar-refractivity contribution >= 4 is 17.4 Å². The molecule has 0 saturated heterocycles. The summed E-state index contributed by atoms with van der Waals surface area (Å²) in [5.41, 5.74) is 2.09. The van der Waals surface area contributed by atoms with E-state index < -0.39 is 0 Å². The maximum atomic E-state index is 12.2. The minimum Gasteiger partial charge on any atom is -0.497 e. The fourth-order valence-electron chi connectivity index (χ4n) is 2.76. The van der Waals surface area contributed by atoms with Crippen molar-refractivity contribution in [1.29, 1.82) is 0 Å². The second kappa shape index (κ2) is 10.1. The average Bonchev–Trinajstić information content (AvgIpc) is 2.77. The van der Waals surface area contributed by atoms with Crippen LogP contribution in [-0.4, -0.2) is 25.4 Å². The van der Waals surface area contributed by atoms with Gasteiger partial charge in [0.15, 0.2) is 12.4 Å². The van der Waals surface area contributed by atoms with E-state index in [4.69, 9.17) is 14.2 Å². The van der Waals surface area contributed by atoms with E-state index >= 15 is 0 Å². The first-order valence-electron chi connectivity index (χ1n) is 9.43. The van der Waals surface area contributed by atoms with Crippen molar-refractivity contribution in [3.05, 3.63) is 83.9 Å². The maximum Gasteiger partial charge on any atom is 0.262 e. The zero-order chi connectivity index (χ0) is 21.3. The van der Waals surface area contributed by atoms with Gasteiger partial charge >= 0.3 is 0 Å². The molecule has 6 nitrogen and oxygen atoms in total. The summed E-state index contributed by atoms with van der Waals surface area (Å²) in [5.74, 6) is 1.06. The van der Waals surface area contributed by atoms with Gasteiger partial charge in [0.05, 0.1) is 12.7 Å². The molecule has 0 fully saturated rings. The minimum atomic E-state index is -0.342. The Morgan fingerprint density at radius 2 is 1.57 bits per heavy atom. The highest BCUT2D eigenvalue weighted by Gasteiger charge is 2.12. The molecule has 0 aromatic heterocycles. The molecule has 0 radical (unpaired) electrons. The van der Waals surface area contributed by atoms with Crippen LogP contribution in [0.1, 0.15) is 22.8 Å². The first-order valence-corrected chi connectivity index (χ1v) is 9.43. The number of benzene rings is 3. The summed E-state index contributed by atoms with van der Waals surface area (Å²) in [6.45, 7) is 1.68. The number of carbonyl (C=O) groups excluding carboxylic acids is 2. The van der Waals surface area contributed by atoms with Crippen LogP contribution in [0.3, 0.4) is 0 Å². The molecule has 1 N–H and O–H groups in total. The minimum absolute atomic E-state index is 0.154. The smallest absolute Gasteiger partial charge is 0.262 e. The molecule has 154 valence electrons. The third-order valence-electron chi connectivity index (χ3n) is 4.31. The van der Waals surface area contributed by atoms with E-state index in [0.29, 0.717) is 35.1 Å². The Hall–Kier alpha value is -3.80. The molecule has 3 aromatic carbocycles. The Morgan fingerprint density at radius 3 is 2.23 bits per heavy atom. The van der Waals surface area contributed by atoms with Gasteiger partial charge in [0.25, 0.3) is 5.91 Å². The Balaban J connectivity index is 1.53. The van der Waals surface area contributed by atoms with Gasteiger partial charge in [-0.25, -0.2) is 0 Å². The number of anilines is 1. The first-order chi connectivity index (χ1) is 14.5. The lowest BCUT2D eigenvalue weighted by Crippen LogP contribution is -2.20. The van der Waals surface area contributed by atoms with Gasteiger partial charge in [0.1, 0.15) is 23.9 Å². The summed E-state index contributed by atoms with van der Waals surface area (Å²) in [6.07, 6.45) is 0. The van der Waals surface area contributed by atoms with E-state index in [2.05, 4.69) is 5.32 Å². The standard InChI is InChI=1S/C24H23NO5/c1-17(26)22-13-12-21(28-2)14-23(22)30-16-24(27)25-19-8-10-20(11-9-19)29-15-18-6-4-3-5-7-18/h3-14H,15-16H2,1-2H3,(H,25,27). The molecule has 0 spiro atoms. The maximum absolute atomic E-state index is 12.2. The number of rotatable bonds is 9. The quantitative estimate of drug-likeness (QED) is 0.531. The van der Waals surface area contributed by atoms with Crippen molar-refractivity contribution in [1.82, 2.24) is 0 Å². The largest absolute Gasteiger partial charge is 0.497 e. The van der Waals surface area contributed by atoms with E-state index in [1.54, 1.807) is 42.5 Å². The SMILES string of the molecule is COc1ccc(C(C)=O)c(OCC(=O)Nc2ccc(OCc3ccccc3)cc2)c1. The van der Waals surface area contributed by atoms with Crippen LogP contribution in [0, 0.1) is 0 Å². The molecule has 0 saturated carbocycles. The van der Waals surface area contributed by atoms with Crippen LogP contribution >= 0.6 is 0 Å². The number of Topliss-reactive ketones (excluding diaryl/α,β-unsaturated/α-hetero) is 1. The van der Waals surface area contributed by atoms with Crippen LogP contribution in [0.25, 0.3) is 0 Å². The van der Waals surface area contributed by atoms with Gasteiger partial charge in [0, 0.05) is 11.8 Å². The van der Waals surface area contributed by atoms with E-state index in [-0.39, 0.29) is 18.3 Å². The monoisotopic (exact) mass is 405 g/mol. The number of hydrogen-bond donors (Lipinski definition) is 1. The fraction of sp³-hybridized carbons (Fsp3) is 0.167. The predicted molar refractivity (Wildman–Crippen MR) is 114 cm³/mol. The molecule has 6 heteroatoms. The second-order valence-electron chi connectivity index (χ2n) is 6.55. The van der Waals surface area contributed by atoms with Crippen LogP contribution in [0.15, 0.2) is 72.8 Å². The Kier molecular flexibility index (Phi) is 7.05. The van der Waals surface area contributed by atoms with E-state index in [0.717, 1.165) is 5.56 Å². The fourth-order valence-corrected chi connectivity index (χ4v) is 2.76. The molecule has 1 amide bonds. The van der Waals surface area contributed by atoms with Crippen molar-refractivity contribution in [2.75, 3.05) is 19.0 Å². The van der Waals surface area contributed by atoms with E-state index in [9.17, 15) is 9.59 Å². The normalized spacial score (nSPS) is 10.2. The summed E-state index contributed by atoms with van der Waals surface area (Å²) in [4.78, 5) is 24.0. The van der Waals surface area contributed by atoms with Gasteiger partial charge in [-0.15, -0.1) is 0 Å². The van der Waals surface area contributed by atoms with Crippen molar-refractivity contribution < 1.29 is 23.8 Å². The summed E-state index contributed by atoms with van der Waals surface area (Å²) < 4.78 is 16.4. The third kappa shape index (κ3) is 5.85. The van der Waals surface area contributed by atoms with Crippen molar-refractivity contribution in [3.8, 4) is 17.2 Å². The lowest BCUT2D eigenvalue weighted by molar-refractivity contribution is -0.118. The molecule has 0 aliphatic heterocycles. The highest BCUT2D eigenvalue weighted by Crippen LogP contribution is 2.25. The van der Waals surface area contributed by atoms with Gasteiger partial charge in [-0.3, -0.25) is 9.59 Å². The Bertz CT molecular complexity index is 1000. The molecule has 3 rings (SSSR count). The summed E-state index contributed by atoms with van der Waals surface area (Å²) in [5, 5.41) is 2.75. The number of nitrogens with one attached hydrogen (secondary N) is 1. The second-order valence-corrected chi connectivity index (χ2v) is 6.55. The van der Waals surface area contributed by atoms with Gasteiger partial charge < -0.3 is 19.5 Å². The van der Waals surface area contributed by atoms with E-state index in [1.165, 1.54) is 14.0 Å². The number of carbonyl (C=O) groups is 2. The van der Waals surface area contributed by atoms with Crippen molar-refractivity contribution in [2.45, 2.75) is 13.5 Å². The molecular formula is C24H23NO5. The number of ketones is 1. The topological polar surface area (TPSA) is 73.9 Å². The first kappa shape index (κ1) is 20.9. The number of hydrogen-bond acceptors (Lipinski definition) is 5.